The van der Waals surface area contributed by atoms with Crippen LogP contribution in [0.25, 0.3) is 0 Å². The SMILES string of the molecule is C#CC(=O)N(c1ccc(NC)c(C)c1)C(C1=CC(C)=CCC1)C(O)NC1CCCC1. The number of terminal acetylenes is 1. The summed E-state index contributed by atoms with van der Waals surface area (Å²) in [6.45, 7) is 4.04. The molecular formula is C25H33N3O2. The van der Waals surface area contributed by atoms with Crippen LogP contribution in [0.4, 0.5) is 11.4 Å². The number of hydrogen-bond acceptors (Lipinski definition) is 4. The Morgan fingerprint density at radius 3 is 2.63 bits per heavy atom. The van der Waals surface area contributed by atoms with Crippen molar-refractivity contribution < 1.29 is 9.90 Å². The van der Waals surface area contributed by atoms with Gasteiger partial charge in [-0.3, -0.25) is 15.0 Å². The minimum atomic E-state index is -0.896. The molecule has 2 aliphatic carbocycles. The van der Waals surface area contributed by atoms with Gasteiger partial charge in [0.1, 0.15) is 6.23 Å². The average Bonchev–Trinajstić information content (AvgIpc) is 3.24. The number of rotatable bonds is 7. The fraction of sp³-hybridized carbons (Fsp3) is 0.480. The average molecular weight is 408 g/mol. The van der Waals surface area contributed by atoms with E-state index in [9.17, 15) is 9.90 Å². The first-order chi connectivity index (χ1) is 14.4. The summed E-state index contributed by atoms with van der Waals surface area (Å²) >= 11 is 0. The Labute approximate surface area is 180 Å². The molecule has 1 saturated carbocycles. The summed E-state index contributed by atoms with van der Waals surface area (Å²) in [7, 11) is 1.87. The molecule has 0 radical (unpaired) electrons. The van der Waals surface area contributed by atoms with Gasteiger partial charge in [0.25, 0.3) is 0 Å². The number of aliphatic hydroxyl groups excluding tert-OH is 1. The van der Waals surface area contributed by atoms with Crippen molar-refractivity contribution in [1.82, 2.24) is 5.32 Å². The zero-order valence-electron chi connectivity index (χ0n) is 18.2. The first kappa shape index (κ1) is 22.1. The van der Waals surface area contributed by atoms with Gasteiger partial charge in [0.2, 0.25) is 0 Å². The smallest absolute Gasteiger partial charge is 0.303 e. The maximum absolute atomic E-state index is 13.0. The normalized spacial score (nSPS) is 18.8. The number of amides is 1. The lowest BCUT2D eigenvalue weighted by Crippen LogP contribution is -2.55. The summed E-state index contributed by atoms with van der Waals surface area (Å²) in [5.74, 6) is 1.83. The largest absolute Gasteiger partial charge is 0.388 e. The third kappa shape index (κ3) is 4.95. The standard InChI is InChI=1S/C25H33N3O2/c1-5-23(29)28(21-13-14-22(26-4)18(3)16-21)24(19-10-8-9-17(2)15-19)25(30)27-20-11-6-7-12-20/h1,9,13-16,20,24-27,30H,6-8,10-12H2,2-4H3. The second-order valence-electron chi connectivity index (χ2n) is 8.31. The zero-order chi connectivity index (χ0) is 21.7. The van der Waals surface area contributed by atoms with E-state index in [1.807, 2.05) is 39.1 Å². The topological polar surface area (TPSA) is 64.6 Å². The Bertz CT molecular complexity index is 875. The van der Waals surface area contributed by atoms with Crippen LogP contribution in [0.2, 0.25) is 0 Å². The predicted molar refractivity (Wildman–Crippen MR) is 123 cm³/mol. The van der Waals surface area contributed by atoms with Gasteiger partial charge in [-0.2, -0.15) is 0 Å². The van der Waals surface area contributed by atoms with E-state index in [0.717, 1.165) is 60.9 Å². The molecular weight excluding hydrogens is 374 g/mol. The van der Waals surface area contributed by atoms with Gasteiger partial charge >= 0.3 is 5.91 Å². The molecule has 2 atom stereocenters. The molecule has 1 fully saturated rings. The molecule has 5 heteroatoms. The molecule has 0 aromatic heterocycles. The van der Waals surface area contributed by atoms with Crippen molar-refractivity contribution in [2.24, 2.45) is 0 Å². The first-order valence-electron chi connectivity index (χ1n) is 10.8. The number of carbonyl (C=O) groups excluding carboxylic acids is 1. The molecule has 0 bridgehead atoms. The van der Waals surface area contributed by atoms with Crippen LogP contribution in [0.15, 0.2) is 41.5 Å². The Hall–Kier alpha value is -2.55. The van der Waals surface area contributed by atoms with Gasteiger partial charge in [0, 0.05) is 24.5 Å². The lowest BCUT2D eigenvalue weighted by Gasteiger charge is -2.38. The zero-order valence-corrected chi connectivity index (χ0v) is 18.2. The van der Waals surface area contributed by atoms with Gasteiger partial charge in [0.15, 0.2) is 0 Å². The lowest BCUT2D eigenvalue weighted by molar-refractivity contribution is -0.114. The van der Waals surface area contributed by atoms with Gasteiger partial charge in [0.05, 0.1) is 6.04 Å². The summed E-state index contributed by atoms with van der Waals surface area (Å²) in [4.78, 5) is 14.6. The van der Waals surface area contributed by atoms with Crippen molar-refractivity contribution in [3.8, 4) is 12.3 Å². The molecule has 160 valence electrons. The number of hydrogen-bond donors (Lipinski definition) is 3. The molecule has 0 spiro atoms. The third-order valence-electron chi connectivity index (χ3n) is 6.13. The molecule has 2 unspecified atom stereocenters. The first-order valence-corrected chi connectivity index (χ1v) is 10.8. The summed E-state index contributed by atoms with van der Waals surface area (Å²) in [5.41, 5.74) is 4.86. The molecule has 0 saturated heterocycles. The van der Waals surface area contributed by atoms with E-state index >= 15 is 0 Å². The van der Waals surface area contributed by atoms with Crippen LogP contribution in [-0.4, -0.2) is 36.4 Å². The number of aryl methyl sites for hydroxylation is 1. The van der Waals surface area contributed by atoms with Crippen molar-refractivity contribution in [3.05, 3.63) is 47.1 Å². The van der Waals surface area contributed by atoms with Crippen molar-refractivity contribution in [2.45, 2.75) is 70.7 Å². The Morgan fingerprint density at radius 2 is 2.03 bits per heavy atom. The van der Waals surface area contributed by atoms with Gasteiger partial charge in [-0.05, 0) is 74.8 Å². The van der Waals surface area contributed by atoms with Gasteiger partial charge in [-0.1, -0.05) is 30.6 Å². The van der Waals surface area contributed by atoms with Crippen molar-refractivity contribution in [2.75, 3.05) is 17.3 Å². The number of anilines is 2. The van der Waals surface area contributed by atoms with Crippen LogP contribution in [0, 0.1) is 19.3 Å². The maximum atomic E-state index is 13.0. The Kier molecular flexibility index (Phi) is 7.36. The highest BCUT2D eigenvalue weighted by atomic mass is 16.3. The number of benzene rings is 1. The summed E-state index contributed by atoms with van der Waals surface area (Å²) < 4.78 is 0. The number of aliphatic hydroxyl groups is 1. The van der Waals surface area contributed by atoms with E-state index in [0.29, 0.717) is 5.69 Å². The van der Waals surface area contributed by atoms with Crippen LogP contribution in [-0.2, 0) is 4.79 Å². The van der Waals surface area contributed by atoms with Crippen LogP contribution in [0.5, 0.6) is 0 Å². The highest BCUT2D eigenvalue weighted by molar-refractivity contribution is 6.06. The molecule has 3 rings (SSSR count). The van der Waals surface area contributed by atoms with E-state index < -0.39 is 18.2 Å². The van der Waals surface area contributed by atoms with E-state index in [4.69, 9.17) is 6.42 Å². The molecule has 5 nitrogen and oxygen atoms in total. The fourth-order valence-electron chi connectivity index (χ4n) is 4.61. The number of carbonyl (C=O) groups is 1. The van der Waals surface area contributed by atoms with Crippen molar-refractivity contribution in [3.63, 3.8) is 0 Å². The van der Waals surface area contributed by atoms with Crippen LogP contribution >= 0.6 is 0 Å². The quantitative estimate of drug-likeness (QED) is 0.474. The second kappa shape index (κ2) is 9.97. The molecule has 1 amide bonds. The number of nitrogens with zero attached hydrogens (tertiary/aromatic N) is 1. The predicted octanol–water partition coefficient (Wildman–Crippen LogP) is 3.89. The maximum Gasteiger partial charge on any atom is 0.303 e. The fourth-order valence-corrected chi connectivity index (χ4v) is 4.61. The highest BCUT2D eigenvalue weighted by Crippen LogP contribution is 2.31. The molecule has 1 aromatic rings. The molecule has 3 N–H and O–H groups in total. The summed E-state index contributed by atoms with van der Waals surface area (Å²) in [5, 5.41) is 17.8. The summed E-state index contributed by atoms with van der Waals surface area (Å²) in [6.07, 6.45) is 15.0. The lowest BCUT2D eigenvalue weighted by atomic mass is 9.91. The van der Waals surface area contributed by atoms with Crippen LogP contribution < -0.4 is 15.5 Å². The van der Waals surface area contributed by atoms with Crippen molar-refractivity contribution >= 4 is 17.3 Å². The number of allylic oxidation sites excluding steroid dienone is 3. The molecule has 30 heavy (non-hydrogen) atoms. The van der Waals surface area contributed by atoms with E-state index in [1.165, 1.54) is 0 Å². The second-order valence-corrected chi connectivity index (χ2v) is 8.31. The van der Waals surface area contributed by atoms with Crippen LogP contribution in [0.3, 0.4) is 0 Å². The van der Waals surface area contributed by atoms with Gasteiger partial charge in [-0.25, -0.2) is 0 Å². The minimum absolute atomic E-state index is 0.263. The van der Waals surface area contributed by atoms with E-state index in [2.05, 4.69) is 28.7 Å². The molecule has 0 heterocycles. The highest BCUT2D eigenvalue weighted by Gasteiger charge is 2.35. The monoisotopic (exact) mass is 407 g/mol. The number of nitrogens with one attached hydrogen (secondary N) is 2. The molecule has 2 aliphatic rings. The molecule has 1 aromatic carbocycles. The third-order valence-corrected chi connectivity index (χ3v) is 6.13. The van der Waals surface area contributed by atoms with E-state index in [1.54, 1.807) is 4.90 Å². The Morgan fingerprint density at radius 1 is 1.30 bits per heavy atom. The van der Waals surface area contributed by atoms with Crippen LogP contribution in [0.1, 0.15) is 51.0 Å². The molecule has 0 aliphatic heterocycles. The minimum Gasteiger partial charge on any atom is -0.388 e. The van der Waals surface area contributed by atoms with E-state index in [-0.39, 0.29) is 6.04 Å². The van der Waals surface area contributed by atoms with Crippen molar-refractivity contribution in [1.29, 1.82) is 0 Å². The Balaban J connectivity index is 2.04. The van der Waals surface area contributed by atoms with Gasteiger partial charge < -0.3 is 10.4 Å². The van der Waals surface area contributed by atoms with Gasteiger partial charge in [-0.15, -0.1) is 6.42 Å². The summed E-state index contributed by atoms with van der Waals surface area (Å²) in [6, 6.07) is 5.48.